The molecule has 0 amide bonds. The van der Waals surface area contributed by atoms with E-state index in [0.29, 0.717) is 18.4 Å². The monoisotopic (exact) mass is 813 g/mol. The van der Waals surface area contributed by atoms with Crippen LogP contribution < -0.4 is 5.73 Å². The van der Waals surface area contributed by atoms with E-state index >= 15 is 0 Å². The van der Waals surface area contributed by atoms with Crippen LogP contribution in [0.1, 0.15) is 64.0 Å². The fourth-order valence-corrected chi connectivity index (χ4v) is 8.84. The lowest BCUT2D eigenvalue weighted by Crippen LogP contribution is -2.39. The van der Waals surface area contributed by atoms with E-state index in [4.69, 9.17) is 19.3 Å². The summed E-state index contributed by atoms with van der Waals surface area (Å²) >= 11 is 0. The Bertz CT molecular complexity index is 2720. The highest BCUT2D eigenvalue weighted by Crippen LogP contribution is 2.35. The summed E-state index contributed by atoms with van der Waals surface area (Å²) in [5, 5.41) is 6.81. The molecule has 2 N–H and O–H groups in total. The van der Waals surface area contributed by atoms with Crippen LogP contribution in [-0.4, -0.2) is 63.6 Å². The van der Waals surface area contributed by atoms with Crippen LogP contribution in [0.25, 0.3) is 66.1 Å². The summed E-state index contributed by atoms with van der Waals surface area (Å²) in [7, 11) is 0. The van der Waals surface area contributed by atoms with Crippen LogP contribution in [0.4, 0.5) is 0 Å². The van der Waals surface area contributed by atoms with E-state index in [1.54, 1.807) is 0 Å². The molecule has 0 atom stereocenters. The second kappa shape index (κ2) is 17.6. The molecular formula is C52H55N5O4. The Morgan fingerprint density at radius 2 is 1.11 bits per heavy atom. The van der Waals surface area contributed by atoms with Crippen molar-refractivity contribution in [1.82, 2.24) is 19.8 Å². The van der Waals surface area contributed by atoms with Gasteiger partial charge in [0, 0.05) is 83.0 Å². The number of carbonyl (C=O) groups is 1. The Morgan fingerprint density at radius 3 is 1.59 bits per heavy atom. The number of fused-ring (bicyclic) bond motifs is 4. The van der Waals surface area contributed by atoms with Gasteiger partial charge < -0.3 is 19.3 Å². The molecule has 0 bridgehead atoms. The largest absolute Gasteiger partial charge is 0.460 e. The number of nitrogens with two attached hydrogens (primary N) is 1. The molecule has 2 aliphatic rings. The number of carbonyl (C=O) groups excluding carboxylic acids is 1. The van der Waals surface area contributed by atoms with E-state index in [0.717, 1.165) is 126 Å². The highest BCUT2D eigenvalue weighted by molar-refractivity contribution is 5.98. The first kappa shape index (κ1) is 40.5. The quantitative estimate of drug-likeness (QED) is 0.150. The van der Waals surface area contributed by atoms with Crippen LogP contribution in [-0.2, 0) is 22.6 Å². The molecule has 312 valence electrons. The first-order chi connectivity index (χ1) is 29.6. The number of piperidine rings is 2. The third-order valence-corrected chi connectivity index (χ3v) is 12.1. The van der Waals surface area contributed by atoms with Crippen molar-refractivity contribution in [3.05, 3.63) is 133 Å². The number of likely N-dealkylation sites (tertiary alicyclic amines) is 2. The molecule has 8 aromatic rings. The van der Waals surface area contributed by atoms with Crippen molar-refractivity contribution in [2.45, 2.75) is 77.6 Å². The van der Waals surface area contributed by atoms with Crippen molar-refractivity contribution >= 4 is 49.5 Å². The van der Waals surface area contributed by atoms with Crippen molar-refractivity contribution in [2.24, 2.45) is 11.7 Å². The molecule has 2 aliphatic heterocycles. The maximum absolute atomic E-state index is 12.2. The Morgan fingerprint density at radius 1 is 0.639 bits per heavy atom. The van der Waals surface area contributed by atoms with Crippen LogP contribution in [0.5, 0.6) is 0 Å². The lowest BCUT2D eigenvalue weighted by molar-refractivity contribution is -0.156. The van der Waals surface area contributed by atoms with Gasteiger partial charge in [-0.05, 0) is 137 Å². The summed E-state index contributed by atoms with van der Waals surface area (Å²) in [6, 6.07) is 34.0. The van der Waals surface area contributed by atoms with Crippen molar-refractivity contribution in [1.29, 1.82) is 0 Å². The van der Waals surface area contributed by atoms with Gasteiger partial charge in [0.15, 0.2) is 0 Å². The maximum atomic E-state index is 12.2. The van der Waals surface area contributed by atoms with Gasteiger partial charge in [-0.3, -0.25) is 24.6 Å². The summed E-state index contributed by atoms with van der Waals surface area (Å²) < 4.78 is 17.7. The van der Waals surface area contributed by atoms with Gasteiger partial charge in [0.05, 0.1) is 0 Å². The number of esters is 1. The molecule has 9 heteroatoms. The Labute approximate surface area is 357 Å². The first-order valence-corrected chi connectivity index (χ1v) is 21.7. The molecule has 0 spiro atoms. The summed E-state index contributed by atoms with van der Waals surface area (Å²) in [6.45, 7) is 11.8. The van der Waals surface area contributed by atoms with Crippen molar-refractivity contribution in [2.75, 3.05) is 26.2 Å². The average molecular weight is 814 g/mol. The molecule has 9 nitrogen and oxygen atoms in total. The predicted octanol–water partition coefficient (Wildman–Crippen LogP) is 11.2. The van der Waals surface area contributed by atoms with E-state index in [-0.39, 0.29) is 5.97 Å². The number of furan rings is 2. The van der Waals surface area contributed by atoms with Gasteiger partial charge in [-0.2, -0.15) is 0 Å². The third kappa shape index (κ3) is 9.70. The molecule has 2 fully saturated rings. The normalized spacial score (nSPS) is 16.0. The highest BCUT2D eigenvalue weighted by atomic mass is 16.6. The molecule has 0 saturated carbocycles. The molecule has 61 heavy (non-hydrogen) atoms. The van der Waals surface area contributed by atoms with Gasteiger partial charge in [-0.15, -0.1) is 0 Å². The maximum Gasteiger partial charge on any atom is 0.306 e. The number of rotatable bonds is 8. The number of benzene rings is 4. The van der Waals surface area contributed by atoms with Crippen molar-refractivity contribution in [3.63, 3.8) is 0 Å². The fraction of sp³-hybridized carbons (Fsp3) is 0.327. The van der Waals surface area contributed by atoms with Gasteiger partial charge in [0.1, 0.15) is 28.3 Å². The van der Waals surface area contributed by atoms with Crippen molar-refractivity contribution in [3.8, 4) is 22.6 Å². The van der Waals surface area contributed by atoms with Gasteiger partial charge >= 0.3 is 5.97 Å². The average Bonchev–Trinajstić information content (AvgIpc) is 3.89. The number of pyridine rings is 2. The minimum absolute atomic E-state index is 0.0767. The topological polar surface area (TPSA) is 111 Å². The van der Waals surface area contributed by atoms with Crippen LogP contribution in [0.3, 0.4) is 0 Å². The molecule has 4 aromatic heterocycles. The molecule has 2 saturated heterocycles. The lowest BCUT2D eigenvalue weighted by atomic mass is 9.93. The smallest absolute Gasteiger partial charge is 0.306 e. The van der Waals surface area contributed by atoms with Crippen LogP contribution in [0.15, 0.2) is 131 Å². The third-order valence-electron chi connectivity index (χ3n) is 12.1. The molecule has 0 radical (unpaired) electrons. The summed E-state index contributed by atoms with van der Waals surface area (Å²) in [4.78, 5) is 26.0. The summed E-state index contributed by atoms with van der Waals surface area (Å²) in [5.74, 6) is 2.05. The van der Waals surface area contributed by atoms with Gasteiger partial charge in [-0.25, -0.2) is 0 Å². The highest BCUT2D eigenvalue weighted by Gasteiger charge is 2.25. The fourth-order valence-electron chi connectivity index (χ4n) is 8.84. The minimum Gasteiger partial charge on any atom is -0.460 e. The zero-order valence-electron chi connectivity index (χ0n) is 35.5. The number of aromatic nitrogens is 2. The molecule has 10 rings (SSSR count). The number of hydrogen-bond donors (Lipinski definition) is 1. The van der Waals surface area contributed by atoms with Gasteiger partial charge in [0.25, 0.3) is 0 Å². The molecule has 0 aliphatic carbocycles. The van der Waals surface area contributed by atoms with E-state index in [2.05, 4.69) is 80.4 Å². The molecular weight excluding hydrogens is 759 g/mol. The SMILES string of the molecule is CC(C)(C)OC(=O)CC1CCN(Cc2ccc3cncc(-c4cc5ccccc5o4)c3c2)CC1.NC1CCN(Cc2ccc3cncc(-c4cc5ccccc5o4)c3c2)CC1. The predicted molar refractivity (Wildman–Crippen MR) is 245 cm³/mol. The number of nitrogens with zero attached hydrogens (tertiary/aromatic N) is 4. The second-order valence-electron chi connectivity index (χ2n) is 17.9. The van der Waals surface area contributed by atoms with Gasteiger partial charge in [-0.1, -0.05) is 60.7 Å². The Balaban J connectivity index is 0.000000160. The van der Waals surface area contributed by atoms with Crippen LogP contribution in [0, 0.1) is 5.92 Å². The number of para-hydroxylation sites is 2. The van der Waals surface area contributed by atoms with Crippen LogP contribution in [0.2, 0.25) is 0 Å². The Hall–Kier alpha value is -5.87. The van der Waals surface area contributed by atoms with Crippen molar-refractivity contribution < 1.29 is 18.4 Å². The molecule has 4 aromatic carbocycles. The summed E-state index contributed by atoms with van der Waals surface area (Å²) in [5.41, 5.74) is 12.1. The Kier molecular flexibility index (Phi) is 11.7. The summed E-state index contributed by atoms with van der Waals surface area (Å²) in [6.07, 6.45) is 12.4. The van der Waals surface area contributed by atoms with Crippen LogP contribution >= 0.6 is 0 Å². The lowest BCUT2D eigenvalue weighted by Gasteiger charge is -2.32. The van der Waals surface area contributed by atoms with E-state index < -0.39 is 5.60 Å². The zero-order valence-corrected chi connectivity index (χ0v) is 35.5. The van der Waals surface area contributed by atoms with E-state index in [9.17, 15) is 4.79 Å². The molecule has 6 heterocycles. The zero-order chi connectivity index (χ0) is 41.9. The molecule has 0 unspecified atom stereocenters. The second-order valence-corrected chi connectivity index (χ2v) is 17.9. The first-order valence-electron chi connectivity index (χ1n) is 21.7. The van der Waals surface area contributed by atoms with E-state index in [1.807, 2.05) is 82.0 Å². The van der Waals surface area contributed by atoms with E-state index in [1.165, 1.54) is 16.5 Å². The standard InChI is InChI=1S/C29H32N2O3.C23H23N3O/c1-29(2,3)34-28(32)15-20-10-12-31(13-11-20)19-21-8-9-23-17-30-18-25(24(23)14-21)27-16-22-6-4-5-7-26(22)33-27;24-19-7-9-26(10-8-19)15-16-5-6-18-13-25-14-21(20(18)11-16)23-12-17-3-1-2-4-22(17)27-23/h4-9,14,16-18,20H,10-13,15,19H2,1-3H3;1-6,11-14,19H,7-10,15,24H2. The number of ether oxygens (including phenoxy) is 1. The number of hydrogen-bond acceptors (Lipinski definition) is 9. The minimum atomic E-state index is -0.412. The van der Waals surface area contributed by atoms with Gasteiger partial charge in [0.2, 0.25) is 0 Å².